The summed E-state index contributed by atoms with van der Waals surface area (Å²) in [5.74, 6) is -1.27. The van der Waals surface area contributed by atoms with Crippen LogP contribution in [0.4, 0.5) is 0 Å². The van der Waals surface area contributed by atoms with Gasteiger partial charge in [-0.1, -0.05) is 24.3 Å². The smallest absolute Gasteiger partial charge is 0.311 e. The molecule has 0 fully saturated rings. The van der Waals surface area contributed by atoms with Crippen LogP contribution in [0, 0.1) is 0 Å². The average molecular weight is 393 g/mol. The Hall–Kier alpha value is -3.61. The van der Waals surface area contributed by atoms with Gasteiger partial charge >= 0.3 is 5.91 Å². The Morgan fingerprint density at radius 1 is 1.24 bits per heavy atom. The molecule has 7 heteroatoms. The van der Waals surface area contributed by atoms with E-state index in [9.17, 15) is 14.7 Å². The zero-order valence-corrected chi connectivity index (χ0v) is 16.5. The van der Waals surface area contributed by atoms with Gasteiger partial charge in [0, 0.05) is 22.9 Å². The number of hydrazone groups is 1. The molecule has 1 amide bonds. The third-order valence-corrected chi connectivity index (χ3v) is 4.50. The first-order valence-corrected chi connectivity index (χ1v) is 9.11. The molecule has 2 aromatic carbocycles. The van der Waals surface area contributed by atoms with Crippen molar-refractivity contribution in [1.82, 2.24) is 10.7 Å². The Kier molecular flexibility index (Phi) is 5.68. The van der Waals surface area contributed by atoms with Gasteiger partial charge in [0.25, 0.3) is 0 Å². The fourth-order valence-corrected chi connectivity index (χ4v) is 3.19. The number of nitrogens with zero attached hydrogens (tertiary/aromatic N) is 1. The predicted molar refractivity (Wildman–Crippen MR) is 111 cm³/mol. The number of ether oxygens (including phenoxy) is 1. The molecule has 2 aromatic rings. The molecule has 150 valence electrons. The molecule has 0 spiro atoms. The number of fused-ring (bicyclic) bond motifs is 1. The highest BCUT2D eigenvalue weighted by Gasteiger charge is 2.28. The second-order valence-electron chi connectivity index (χ2n) is 7.40. The molecular formula is C22H23N3O4. The van der Waals surface area contributed by atoms with Crippen LogP contribution in [-0.4, -0.2) is 35.7 Å². The Bertz CT molecular complexity index is 1010. The summed E-state index contributed by atoms with van der Waals surface area (Å²) in [4.78, 5) is 24.5. The molecule has 0 saturated heterocycles. The number of benzene rings is 2. The number of hydrogen-bond acceptors (Lipinski definition) is 6. The van der Waals surface area contributed by atoms with Crippen LogP contribution in [0.5, 0.6) is 11.5 Å². The molecule has 3 rings (SSSR count). The van der Waals surface area contributed by atoms with Crippen LogP contribution in [0.3, 0.4) is 0 Å². The number of ketones is 1. The van der Waals surface area contributed by atoms with Crippen LogP contribution in [0.1, 0.15) is 30.5 Å². The lowest BCUT2D eigenvalue weighted by atomic mass is 9.85. The van der Waals surface area contributed by atoms with Crippen molar-refractivity contribution in [2.75, 3.05) is 7.11 Å². The fourth-order valence-electron chi connectivity index (χ4n) is 3.19. The Morgan fingerprint density at radius 3 is 2.76 bits per heavy atom. The van der Waals surface area contributed by atoms with Crippen LogP contribution >= 0.6 is 0 Å². The Balaban J connectivity index is 1.71. The molecule has 29 heavy (non-hydrogen) atoms. The summed E-state index contributed by atoms with van der Waals surface area (Å²) in [6.07, 6.45) is 3.48. The number of aromatic hydroxyl groups is 1. The number of phenols is 1. The number of phenolic OH excluding ortho intramolecular Hbond substituents is 1. The van der Waals surface area contributed by atoms with E-state index in [4.69, 9.17) is 4.74 Å². The van der Waals surface area contributed by atoms with Crippen LogP contribution in [0.15, 0.2) is 53.6 Å². The first-order valence-electron chi connectivity index (χ1n) is 9.11. The monoisotopic (exact) mass is 393 g/mol. The lowest BCUT2D eigenvalue weighted by molar-refractivity contribution is -0.135. The molecule has 1 aliphatic heterocycles. The summed E-state index contributed by atoms with van der Waals surface area (Å²) in [5, 5.41) is 16.7. The van der Waals surface area contributed by atoms with Crippen LogP contribution in [0.25, 0.3) is 5.70 Å². The zero-order valence-electron chi connectivity index (χ0n) is 16.5. The number of carbonyl (C=O) groups is 2. The van der Waals surface area contributed by atoms with Gasteiger partial charge in [0.1, 0.15) is 0 Å². The van der Waals surface area contributed by atoms with Crippen molar-refractivity contribution in [2.45, 2.75) is 25.8 Å². The van der Waals surface area contributed by atoms with E-state index >= 15 is 0 Å². The van der Waals surface area contributed by atoms with Crippen LogP contribution in [0.2, 0.25) is 0 Å². The molecule has 0 bridgehead atoms. The molecule has 0 aliphatic carbocycles. The second-order valence-corrected chi connectivity index (χ2v) is 7.40. The quantitative estimate of drug-likeness (QED) is 0.313. The standard InChI is InChI=1S/C22H23N3O4/c1-22(2)12-15-6-4-5-7-16(15)17(24-22)11-19(27)21(28)25-23-13-14-8-9-18(26)20(10-14)29-3/h4-11,13,24,26H,12H2,1-3H3,(H,25,28)/b17-11-,23-13?. The van der Waals surface area contributed by atoms with E-state index < -0.39 is 11.7 Å². The molecule has 1 aliphatic rings. The van der Waals surface area contributed by atoms with Gasteiger partial charge in [0.2, 0.25) is 5.78 Å². The highest BCUT2D eigenvalue weighted by atomic mass is 16.5. The van der Waals surface area contributed by atoms with Gasteiger partial charge in [-0.05, 0) is 49.6 Å². The SMILES string of the molecule is COc1cc(C=NNC(=O)C(=O)/C=C2\NC(C)(C)Cc3ccccc32)ccc1O. The summed E-state index contributed by atoms with van der Waals surface area (Å²) < 4.78 is 5.01. The summed E-state index contributed by atoms with van der Waals surface area (Å²) >= 11 is 0. The fraction of sp³-hybridized carbons (Fsp3) is 0.227. The lowest BCUT2D eigenvalue weighted by Crippen LogP contribution is -2.44. The van der Waals surface area contributed by atoms with Crippen molar-refractivity contribution < 1.29 is 19.4 Å². The first kappa shape index (κ1) is 20.1. The van der Waals surface area contributed by atoms with Gasteiger partial charge in [-0.15, -0.1) is 0 Å². The summed E-state index contributed by atoms with van der Waals surface area (Å²) in [6, 6.07) is 12.4. The Morgan fingerprint density at radius 2 is 2.00 bits per heavy atom. The van der Waals surface area contributed by atoms with Crippen molar-refractivity contribution in [3.05, 3.63) is 65.2 Å². The van der Waals surface area contributed by atoms with Crippen molar-refractivity contribution >= 4 is 23.6 Å². The maximum absolute atomic E-state index is 12.4. The van der Waals surface area contributed by atoms with E-state index in [1.165, 1.54) is 25.5 Å². The first-order chi connectivity index (χ1) is 13.8. The van der Waals surface area contributed by atoms with Crippen molar-refractivity contribution in [3.8, 4) is 11.5 Å². The predicted octanol–water partition coefficient (Wildman–Crippen LogP) is 2.39. The minimum atomic E-state index is -0.845. The number of amides is 1. The summed E-state index contributed by atoms with van der Waals surface area (Å²) in [6.45, 7) is 4.08. The van der Waals surface area contributed by atoms with Gasteiger partial charge < -0.3 is 15.2 Å². The molecule has 7 nitrogen and oxygen atoms in total. The third kappa shape index (κ3) is 4.82. The van der Waals surface area contributed by atoms with Crippen LogP contribution in [-0.2, 0) is 16.0 Å². The number of rotatable bonds is 5. The third-order valence-electron chi connectivity index (χ3n) is 4.50. The van der Waals surface area contributed by atoms with Crippen LogP contribution < -0.4 is 15.5 Å². The molecule has 0 saturated carbocycles. The van der Waals surface area contributed by atoms with E-state index in [2.05, 4.69) is 15.8 Å². The average Bonchev–Trinajstić information content (AvgIpc) is 2.68. The van der Waals surface area contributed by atoms with E-state index in [1.807, 2.05) is 38.1 Å². The number of carbonyl (C=O) groups excluding carboxylic acids is 2. The maximum Gasteiger partial charge on any atom is 0.311 e. The molecule has 0 aromatic heterocycles. The summed E-state index contributed by atoms with van der Waals surface area (Å²) in [5.41, 5.74) is 5.23. The maximum atomic E-state index is 12.4. The van der Waals surface area contributed by atoms with Gasteiger partial charge in [-0.25, -0.2) is 5.43 Å². The van der Waals surface area contributed by atoms with Gasteiger partial charge in [0.15, 0.2) is 11.5 Å². The topological polar surface area (TPSA) is 100 Å². The Labute approximate surface area is 169 Å². The lowest BCUT2D eigenvalue weighted by Gasteiger charge is -2.35. The molecule has 1 heterocycles. The van der Waals surface area contributed by atoms with Crippen molar-refractivity contribution in [2.24, 2.45) is 5.10 Å². The highest BCUT2D eigenvalue weighted by molar-refractivity contribution is 6.41. The molecule has 0 atom stereocenters. The largest absolute Gasteiger partial charge is 0.504 e. The van der Waals surface area contributed by atoms with E-state index in [1.54, 1.807) is 12.1 Å². The minimum Gasteiger partial charge on any atom is -0.504 e. The number of nitrogens with one attached hydrogen (secondary N) is 2. The summed E-state index contributed by atoms with van der Waals surface area (Å²) in [7, 11) is 1.43. The molecule has 0 radical (unpaired) electrons. The molecule has 0 unspecified atom stereocenters. The molecule has 3 N–H and O–H groups in total. The number of hydrogen-bond donors (Lipinski definition) is 3. The van der Waals surface area contributed by atoms with Crippen molar-refractivity contribution in [3.63, 3.8) is 0 Å². The van der Waals surface area contributed by atoms with E-state index in [0.29, 0.717) is 11.3 Å². The van der Waals surface area contributed by atoms with Gasteiger partial charge in [-0.2, -0.15) is 5.10 Å². The van der Waals surface area contributed by atoms with Crippen molar-refractivity contribution in [1.29, 1.82) is 0 Å². The van der Waals surface area contributed by atoms with Gasteiger partial charge in [0.05, 0.1) is 13.3 Å². The highest BCUT2D eigenvalue weighted by Crippen LogP contribution is 2.29. The second kappa shape index (κ2) is 8.18. The minimum absolute atomic E-state index is 0.00123. The van der Waals surface area contributed by atoms with E-state index in [-0.39, 0.29) is 17.0 Å². The van der Waals surface area contributed by atoms with Gasteiger partial charge in [-0.3, -0.25) is 9.59 Å². The molecular weight excluding hydrogens is 370 g/mol. The number of methoxy groups -OCH3 is 1. The zero-order chi connectivity index (χ0) is 21.0. The normalized spacial score (nSPS) is 16.2. The van der Waals surface area contributed by atoms with E-state index in [0.717, 1.165) is 17.5 Å².